The highest BCUT2D eigenvalue weighted by atomic mass is 16.6. The van der Waals surface area contributed by atoms with Crippen molar-refractivity contribution in [3.8, 4) is 0 Å². The molecule has 0 aliphatic rings. The van der Waals surface area contributed by atoms with E-state index in [1.165, 1.54) is 0 Å². The van der Waals surface area contributed by atoms with E-state index in [1.54, 1.807) is 18.7 Å². The van der Waals surface area contributed by atoms with Crippen molar-refractivity contribution in [2.24, 2.45) is 7.05 Å². The fourth-order valence-electron chi connectivity index (χ4n) is 1.48. The molecule has 17 heavy (non-hydrogen) atoms. The average molecular weight is 236 g/mol. The molecule has 0 radical (unpaired) electrons. The third-order valence-electron chi connectivity index (χ3n) is 2.48. The van der Waals surface area contributed by atoms with Crippen molar-refractivity contribution in [1.29, 1.82) is 0 Å². The van der Waals surface area contributed by atoms with E-state index in [-0.39, 0.29) is 11.5 Å². The van der Waals surface area contributed by atoms with Crippen LogP contribution in [0.2, 0.25) is 0 Å². The zero-order valence-electron chi connectivity index (χ0n) is 9.68. The second kappa shape index (κ2) is 3.89. The molecule has 0 saturated carbocycles. The maximum absolute atomic E-state index is 11.8. The van der Waals surface area contributed by atoms with Crippen LogP contribution in [0.1, 0.15) is 21.9 Å². The van der Waals surface area contributed by atoms with Gasteiger partial charge in [0.15, 0.2) is 0 Å². The minimum Gasteiger partial charge on any atom is -0.379 e. The predicted octanol–water partition coefficient (Wildman–Crippen LogP) is 0.254. The maximum atomic E-state index is 11.8. The largest absolute Gasteiger partial charge is 0.379 e. The van der Waals surface area contributed by atoms with E-state index in [4.69, 9.17) is 5.73 Å². The molecule has 2 aromatic heterocycles. The Morgan fingerprint density at radius 3 is 2.59 bits per heavy atom. The minimum absolute atomic E-state index is 0.0346. The standard InChI is InChI=1S/C9H12N6O2/c1-4-6(5(2)15(3)12-4)11-9(16)7-8(10)14-17-13-7/h1-3H3,(H2,10,14)(H,11,16). The first-order valence-electron chi connectivity index (χ1n) is 4.90. The lowest BCUT2D eigenvalue weighted by molar-refractivity contribution is 0.101. The molecular formula is C9H12N6O2. The van der Waals surface area contributed by atoms with Crippen LogP contribution in [-0.4, -0.2) is 26.0 Å². The van der Waals surface area contributed by atoms with Gasteiger partial charge in [-0.25, -0.2) is 4.63 Å². The summed E-state index contributed by atoms with van der Waals surface area (Å²) in [6.45, 7) is 3.65. The van der Waals surface area contributed by atoms with Gasteiger partial charge in [0.05, 0.1) is 17.1 Å². The van der Waals surface area contributed by atoms with Crippen molar-refractivity contribution < 1.29 is 9.42 Å². The Morgan fingerprint density at radius 2 is 2.12 bits per heavy atom. The van der Waals surface area contributed by atoms with Crippen molar-refractivity contribution in [2.75, 3.05) is 11.1 Å². The smallest absolute Gasteiger partial charge is 0.281 e. The maximum Gasteiger partial charge on any atom is 0.281 e. The molecule has 1 amide bonds. The SMILES string of the molecule is Cc1nn(C)c(C)c1NC(=O)c1nonc1N. The molecule has 0 aliphatic carbocycles. The Balaban J connectivity index is 2.28. The summed E-state index contributed by atoms with van der Waals surface area (Å²) in [4.78, 5) is 11.8. The number of hydrogen-bond acceptors (Lipinski definition) is 6. The number of carbonyl (C=O) groups excluding carboxylic acids is 1. The highest BCUT2D eigenvalue weighted by Gasteiger charge is 2.19. The van der Waals surface area contributed by atoms with Crippen molar-refractivity contribution in [3.63, 3.8) is 0 Å². The molecule has 0 aliphatic heterocycles. The van der Waals surface area contributed by atoms with Crippen LogP contribution in [0.25, 0.3) is 0 Å². The van der Waals surface area contributed by atoms with E-state index in [9.17, 15) is 4.79 Å². The third kappa shape index (κ3) is 1.84. The van der Waals surface area contributed by atoms with Crippen molar-refractivity contribution in [1.82, 2.24) is 20.1 Å². The Kier molecular flexibility index (Phi) is 2.54. The van der Waals surface area contributed by atoms with Crippen LogP contribution in [0, 0.1) is 13.8 Å². The van der Waals surface area contributed by atoms with Crippen LogP contribution >= 0.6 is 0 Å². The molecule has 8 heteroatoms. The van der Waals surface area contributed by atoms with Gasteiger partial charge in [0, 0.05) is 7.05 Å². The first-order chi connectivity index (χ1) is 8.00. The molecule has 0 spiro atoms. The topological polar surface area (TPSA) is 112 Å². The van der Waals surface area contributed by atoms with Crippen LogP contribution in [0.4, 0.5) is 11.5 Å². The number of aryl methyl sites for hydroxylation is 2. The summed E-state index contributed by atoms with van der Waals surface area (Å²) in [6.07, 6.45) is 0. The Labute approximate surface area is 96.7 Å². The first-order valence-corrected chi connectivity index (χ1v) is 4.90. The number of nitrogens with two attached hydrogens (primary N) is 1. The predicted molar refractivity (Wildman–Crippen MR) is 59.3 cm³/mol. The van der Waals surface area contributed by atoms with Gasteiger partial charge < -0.3 is 11.1 Å². The van der Waals surface area contributed by atoms with E-state index in [1.807, 2.05) is 6.92 Å². The molecule has 2 heterocycles. The Hall–Kier alpha value is -2.38. The fraction of sp³-hybridized carbons (Fsp3) is 0.333. The molecule has 0 fully saturated rings. The summed E-state index contributed by atoms with van der Waals surface area (Å²) in [5.74, 6) is -0.510. The highest BCUT2D eigenvalue weighted by molar-refractivity contribution is 6.06. The normalized spacial score (nSPS) is 10.5. The van der Waals surface area contributed by atoms with Gasteiger partial charge in [0.2, 0.25) is 11.5 Å². The summed E-state index contributed by atoms with van der Waals surface area (Å²) < 4.78 is 6.04. The van der Waals surface area contributed by atoms with E-state index >= 15 is 0 Å². The van der Waals surface area contributed by atoms with Crippen LogP contribution in [-0.2, 0) is 7.05 Å². The molecule has 0 aromatic carbocycles. The van der Waals surface area contributed by atoms with Crippen molar-refractivity contribution >= 4 is 17.4 Å². The lowest BCUT2D eigenvalue weighted by Crippen LogP contribution is -2.15. The molecule has 0 atom stereocenters. The number of rotatable bonds is 2. The van der Waals surface area contributed by atoms with E-state index < -0.39 is 5.91 Å². The van der Waals surface area contributed by atoms with E-state index in [0.717, 1.165) is 5.69 Å². The van der Waals surface area contributed by atoms with Gasteiger partial charge in [0.1, 0.15) is 0 Å². The van der Waals surface area contributed by atoms with Gasteiger partial charge in [-0.3, -0.25) is 9.48 Å². The van der Waals surface area contributed by atoms with E-state index in [0.29, 0.717) is 11.4 Å². The molecule has 0 saturated heterocycles. The second-order valence-electron chi connectivity index (χ2n) is 3.62. The number of anilines is 2. The number of aromatic nitrogens is 4. The van der Waals surface area contributed by atoms with Crippen molar-refractivity contribution in [2.45, 2.75) is 13.8 Å². The second-order valence-corrected chi connectivity index (χ2v) is 3.62. The molecule has 0 bridgehead atoms. The van der Waals surface area contributed by atoms with E-state index in [2.05, 4.69) is 25.4 Å². The van der Waals surface area contributed by atoms with Gasteiger partial charge in [-0.2, -0.15) is 5.10 Å². The number of nitrogens with zero attached hydrogens (tertiary/aromatic N) is 4. The van der Waals surface area contributed by atoms with Crippen LogP contribution in [0.3, 0.4) is 0 Å². The zero-order chi connectivity index (χ0) is 12.6. The first kappa shape index (κ1) is 11.1. The molecular weight excluding hydrogens is 224 g/mol. The molecule has 0 unspecified atom stereocenters. The summed E-state index contributed by atoms with van der Waals surface area (Å²) in [5, 5.41) is 13.6. The van der Waals surface area contributed by atoms with Gasteiger partial charge in [-0.05, 0) is 24.2 Å². The number of nitrogens with one attached hydrogen (secondary N) is 1. The molecule has 3 N–H and O–H groups in total. The summed E-state index contributed by atoms with van der Waals surface area (Å²) in [7, 11) is 1.80. The molecule has 8 nitrogen and oxygen atoms in total. The lowest BCUT2D eigenvalue weighted by Gasteiger charge is -2.02. The van der Waals surface area contributed by atoms with Crippen LogP contribution in [0.5, 0.6) is 0 Å². The number of hydrogen-bond donors (Lipinski definition) is 2. The minimum atomic E-state index is -0.469. The van der Waals surface area contributed by atoms with Gasteiger partial charge >= 0.3 is 0 Å². The molecule has 2 rings (SSSR count). The van der Waals surface area contributed by atoms with Crippen molar-refractivity contribution in [3.05, 3.63) is 17.1 Å². The third-order valence-corrected chi connectivity index (χ3v) is 2.48. The van der Waals surface area contributed by atoms with Crippen LogP contribution in [0.15, 0.2) is 4.63 Å². The van der Waals surface area contributed by atoms with Crippen LogP contribution < -0.4 is 11.1 Å². The Morgan fingerprint density at radius 1 is 1.41 bits per heavy atom. The quantitative estimate of drug-likeness (QED) is 0.773. The van der Waals surface area contributed by atoms with Gasteiger partial charge in [-0.1, -0.05) is 0 Å². The summed E-state index contributed by atoms with van der Waals surface area (Å²) in [6, 6.07) is 0. The fourth-order valence-corrected chi connectivity index (χ4v) is 1.48. The summed E-state index contributed by atoms with van der Waals surface area (Å²) in [5.41, 5.74) is 7.59. The Bertz CT molecular complexity index is 570. The lowest BCUT2D eigenvalue weighted by atomic mass is 10.3. The average Bonchev–Trinajstić information content (AvgIpc) is 2.78. The molecule has 90 valence electrons. The van der Waals surface area contributed by atoms with Gasteiger partial charge in [-0.15, -0.1) is 0 Å². The number of carbonyl (C=O) groups is 1. The number of amides is 1. The monoisotopic (exact) mass is 236 g/mol. The number of nitrogen functional groups attached to an aromatic ring is 1. The van der Waals surface area contributed by atoms with Gasteiger partial charge in [0.25, 0.3) is 5.91 Å². The summed E-state index contributed by atoms with van der Waals surface area (Å²) >= 11 is 0. The zero-order valence-corrected chi connectivity index (χ0v) is 9.68. The molecule has 2 aromatic rings. The highest BCUT2D eigenvalue weighted by Crippen LogP contribution is 2.19.